The molecule has 22 heteroatoms. The maximum Gasteiger partial charge on any atom is 0.314 e. The highest BCUT2D eigenvalue weighted by atomic mass is 28.3. The van der Waals surface area contributed by atoms with Gasteiger partial charge in [0.15, 0.2) is 0 Å². The van der Waals surface area contributed by atoms with E-state index in [2.05, 4.69) is 89.8 Å². The van der Waals surface area contributed by atoms with E-state index in [0.29, 0.717) is 70.4 Å². The van der Waals surface area contributed by atoms with E-state index in [9.17, 15) is 19.2 Å². The number of hydrogen-bond acceptors (Lipinski definition) is 13. The van der Waals surface area contributed by atoms with E-state index >= 15 is 0 Å². The summed E-state index contributed by atoms with van der Waals surface area (Å²) >= 11 is 0. The molecule has 0 saturated carbocycles. The van der Waals surface area contributed by atoms with Gasteiger partial charge in [-0.2, -0.15) is 20.4 Å². The predicted molar refractivity (Wildman–Crippen MR) is 269 cm³/mol. The molecule has 4 amide bonds. The van der Waals surface area contributed by atoms with Gasteiger partial charge in [0.05, 0.1) is 70.1 Å². The summed E-state index contributed by atoms with van der Waals surface area (Å²) in [5.41, 5.74) is 17.4. The molecule has 6 aromatic heterocycles. The highest BCUT2D eigenvalue weighted by molar-refractivity contribution is 6.76. The maximum atomic E-state index is 13.5. The Labute approximate surface area is 403 Å². The second-order valence-corrected chi connectivity index (χ2v) is 25.3. The molecule has 0 unspecified atom stereocenters. The Balaban J connectivity index is 0.000000178. The number of nitrogens with two attached hydrogens (primary N) is 2. The van der Waals surface area contributed by atoms with Crippen molar-refractivity contribution >= 4 is 98.3 Å². The number of aromatic nitrogens is 10. The Morgan fingerprint density at radius 2 is 1.26 bits per heavy atom. The molecule has 21 nitrogen and oxygen atoms in total. The van der Waals surface area contributed by atoms with Gasteiger partial charge in [0.2, 0.25) is 0 Å². The van der Waals surface area contributed by atoms with Crippen LogP contribution in [0.15, 0.2) is 73.6 Å². The smallest absolute Gasteiger partial charge is 0.314 e. The molecule has 2 aliphatic rings. The van der Waals surface area contributed by atoms with Crippen molar-refractivity contribution in [1.82, 2.24) is 60.1 Å². The van der Waals surface area contributed by atoms with E-state index < -0.39 is 31.7 Å². The van der Waals surface area contributed by atoms with Gasteiger partial charge in [-0.15, -0.1) is 0 Å². The molecule has 0 aliphatic carbocycles. The molecular weight excluding hydrogens is 909 g/mol. The van der Waals surface area contributed by atoms with Gasteiger partial charge in [0.25, 0.3) is 0 Å². The number of nitrogens with one attached hydrogen (secondary N) is 5. The first-order chi connectivity index (χ1) is 33.6. The second-order valence-electron chi connectivity index (χ2n) is 19.7. The minimum atomic E-state index is -1.20. The lowest BCUT2D eigenvalue weighted by Crippen LogP contribution is -2.46. The lowest BCUT2D eigenvalue weighted by molar-refractivity contribution is -0.146. The summed E-state index contributed by atoms with van der Waals surface area (Å²) in [5.74, 6) is -1.43. The monoisotopic (exact) mass is 966 g/mol. The molecule has 2 fully saturated rings. The standard InChI is InChI=1S/C27H36N8O3Si.C21H22N8O2/c1-17-5-8-23(18-6-7-21-19(11-18)12-30-32-21)35(14-17)27(37)26(36)31-22-13-29-25(28)20-15-34(33-24(20)22)16-38-9-10-39(2,3)4;1-11-2-5-17(12-3-4-15-13(6-12)7-24-27-15)29(10-11)21(31)20(30)26-16-9-23-19(22)14-8-25-28-18(14)16/h6-7,11-13,15,17,23H,5,8-10,14,16H2,1-4H3,(H2,28,29)(H,30,32)(H,31,36);3-4,6-9,11,17H,2,5,10H2,1H3,(H2,22,23)(H,24,27)(H,25,28)(H,26,30)/t17-,23+;11-,17+/m00/s1. The molecular formula is C48H58N16O5Si. The number of aromatic amines is 3. The number of ether oxygens (including phenoxy) is 1. The van der Waals surface area contributed by atoms with Crippen LogP contribution in [0.4, 0.5) is 23.0 Å². The Kier molecular flexibility index (Phi) is 13.3. The van der Waals surface area contributed by atoms with Gasteiger partial charge in [-0.05, 0) is 79.0 Å². The number of likely N-dealkylation sites (tertiary alicyclic amines) is 2. The summed E-state index contributed by atoms with van der Waals surface area (Å²) in [6.07, 6.45) is 13.2. The van der Waals surface area contributed by atoms with Crippen molar-refractivity contribution < 1.29 is 23.9 Å². The van der Waals surface area contributed by atoms with Crippen LogP contribution in [0.2, 0.25) is 25.7 Å². The Morgan fingerprint density at radius 1 is 0.729 bits per heavy atom. The van der Waals surface area contributed by atoms with E-state index in [-0.39, 0.29) is 24.7 Å². The summed E-state index contributed by atoms with van der Waals surface area (Å²) < 4.78 is 7.45. The number of nitrogens with zero attached hydrogens (tertiary/aromatic N) is 9. The van der Waals surface area contributed by atoms with Crippen molar-refractivity contribution in [2.45, 2.75) is 84.0 Å². The Bertz CT molecular complexity index is 3230. The SMILES string of the molecule is C[C@H]1CC[C@H](c2ccc3[nH]ncc3c2)N(C(=O)C(=O)Nc2cnc(N)c3c[nH]nc23)C1.C[C@H]1CC[C@H](c2ccc3[nH]ncc3c2)N(C(=O)C(=O)Nc2cnc(N)c3cn(COCC[Si](C)(C)C)nc23)C1. The zero-order chi connectivity index (χ0) is 49.3. The van der Waals surface area contributed by atoms with E-state index in [1.165, 1.54) is 12.4 Å². The van der Waals surface area contributed by atoms with Gasteiger partial charge in [0, 0.05) is 50.9 Å². The largest absolute Gasteiger partial charge is 0.383 e. The fourth-order valence-corrected chi connectivity index (χ4v) is 9.97. The first kappa shape index (κ1) is 47.3. The lowest BCUT2D eigenvalue weighted by Gasteiger charge is -2.38. The molecule has 10 rings (SSSR count). The molecule has 0 spiro atoms. The van der Waals surface area contributed by atoms with Crippen molar-refractivity contribution in [3.8, 4) is 0 Å². The zero-order valence-electron chi connectivity index (χ0n) is 39.8. The van der Waals surface area contributed by atoms with E-state index in [0.717, 1.165) is 64.7 Å². The molecule has 2 aliphatic heterocycles. The summed E-state index contributed by atoms with van der Waals surface area (Å²) in [6, 6.07) is 12.6. The normalized spacial score (nSPS) is 18.5. The quantitative estimate of drug-likeness (QED) is 0.0463. The molecule has 8 heterocycles. The fraction of sp³-hybridized carbons (Fsp3) is 0.375. The molecule has 2 aromatic carbocycles. The summed E-state index contributed by atoms with van der Waals surface area (Å²) in [6.45, 7) is 13.0. The van der Waals surface area contributed by atoms with Crippen LogP contribution >= 0.6 is 0 Å². The van der Waals surface area contributed by atoms with Gasteiger partial charge in [-0.1, -0.05) is 45.6 Å². The molecule has 0 bridgehead atoms. The number of benzene rings is 2. The Morgan fingerprint density at radius 3 is 1.80 bits per heavy atom. The lowest BCUT2D eigenvalue weighted by atomic mass is 9.89. The topological polar surface area (TPSA) is 290 Å². The number of amides is 4. The van der Waals surface area contributed by atoms with Crippen molar-refractivity contribution in [1.29, 1.82) is 0 Å². The summed E-state index contributed by atoms with van der Waals surface area (Å²) in [4.78, 5) is 64.5. The fourth-order valence-electron chi connectivity index (χ4n) is 9.21. The molecule has 70 heavy (non-hydrogen) atoms. The van der Waals surface area contributed by atoms with Crippen molar-refractivity contribution in [3.05, 3.63) is 84.7 Å². The van der Waals surface area contributed by atoms with Crippen LogP contribution in [0.3, 0.4) is 0 Å². The van der Waals surface area contributed by atoms with Crippen molar-refractivity contribution in [3.63, 3.8) is 0 Å². The zero-order valence-corrected chi connectivity index (χ0v) is 40.8. The number of rotatable bonds is 9. The third kappa shape index (κ3) is 10.2. The number of nitrogen functional groups attached to an aromatic ring is 2. The van der Waals surface area contributed by atoms with Gasteiger partial charge in [-0.3, -0.25) is 34.5 Å². The number of piperidine rings is 2. The van der Waals surface area contributed by atoms with Crippen LogP contribution in [0.5, 0.6) is 0 Å². The number of anilines is 4. The van der Waals surface area contributed by atoms with Gasteiger partial charge in [-0.25, -0.2) is 14.6 Å². The van der Waals surface area contributed by atoms with Crippen molar-refractivity contribution in [2.24, 2.45) is 11.8 Å². The predicted octanol–water partition coefficient (Wildman–Crippen LogP) is 6.50. The van der Waals surface area contributed by atoms with Crippen LogP contribution in [-0.2, 0) is 30.6 Å². The van der Waals surface area contributed by atoms with Crippen LogP contribution in [0, 0.1) is 11.8 Å². The van der Waals surface area contributed by atoms with Crippen molar-refractivity contribution in [2.75, 3.05) is 41.8 Å². The average molecular weight is 967 g/mol. The molecule has 9 N–H and O–H groups in total. The van der Waals surface area contributed by atoms with Crippen LogP contribution in [-0.4, -0.2) is 112 Å². The number of fused-ring (bicyclic) bond motifs is 4. The number of carbonyl (C=O) groups is 4. The van der Waals surface area contributed by atoms with Gasteiger partial charge in [0.1, 0.15) is 29.4 Å². The minimum absolute atomic E-state index is 0.177. The summed E-state index contributed by atoms with van der Waals surface area (Å²) in [5, 5.41) is 34.0. The highest BCUT2D eigenvalue weighted by Gasteiger charge is 2.36. The molecule has 2 saturated heterocycles. The first-order valence-electron chi connectivity index (χ1n) is 23.5. The first-order valence-corrected chi connectivity index (χ1v) is 27.2. The highest BCUT2D eigenvalue weighted by Crippen LogP contribution is 2.37. The number of H-pyrrole nitrogens is 3. The van der Waals surface area contributed by atoms with Crippen LogP contribution in [0.1, 0.15) is 62.7 Å². The van der Waals surface area contributed by atoms with Crippen LogP contribution in [0.25, 0.3) is 43.6 Å². The minimum Gasteiger partial charge on any atom is -0.383 e. The summed E-state index contributed by atoms with van der Waals surface area (Å²) in [7, 11) is -1.20. The van der Waals surface area contributed by atoms with E-state index in [1.54, 1.807) is 39.3 Å². The van der Waals surface area contributed by atoms with Gasteiger partial charge < -0.3 is 36.6 Å². The number of carbonyl (C=O) groups excluding carboxylic acids is 4. The van der Waals surface area contributed by atoms with E-state index in [4.69, 9.17) is 16.2 Å². The molecule has 8 aromatic rings. The average Bonchev–Trinajstić information content (AvgIpc) is 4.19. The third-order valence-corrected chi connectivity index (χ3v) is 14.8. The molecule has 364 valence electrons. The molecule has 0 radical (unpaired) electrons. The number of pyridine rings is 2. The van der Waals surface area contributed by atoms with Crippen LogP contribution < -0.4 is 22.1 Å². The van der Waals surface area contributed by atoms with E-state index in [1.807, 2.05) is 36.4 Å². The number of hydrogen-bond donors (Lipinski definition) is 7. The second kappa shape index (κ2) is 19.7. The van der Waals surface area contributed by atoms with Gasteiger partial charge >= 0.3 is 23.6 Å². The maximum absolute atomic E-state index is 13.5. The third-order valence-electron chi connectivity index (χ3n) is 13.1. The Hall–Kier alpha value is -7.72. The molecule has 4 atom stereocenters.